The van der Waals surface area contributed by atoms with Crippen LogP contribution >= 0.6 is 0 Å². The molecule has 0 aliphatic rings. The van der Waals surface area contributed by atoms with Crippen molar-refractivity contribution in [2.45, 2.75) is 6.42 Å². The lowest BCUT2D eigenvalue weighted by Crippen LogP contribution is -2.14. The van der Waals surface area contributed by atoms with Crippen molar-refractivity contribution in [3.8, 4) is 11.8 Å². The van der Waals surface area contributed by atoms with Crippen molar-refractivity contribution in [3.63, 3.8) is 0 Å². The smallest absolute Gasteiger partial charge is 0.257 e. The summed E-state index contributed by atoms with van der Waals surface area (Å²) in [4.78, 5) is 19.7. The molecule has 1 aromatic carbocycles. The highest BCUT2D eigenvalue weighted by molar-refractivity contribution is 6.05. The first-order valence-electron chi connectivity index (χ1n) is 6.16. The van der Waals surface area contributed by atoms with Gasteiger partial charge in [-0.15, -0.1) is 0 Å². The normalized spacial score (nSPS) is 9.62. The van der Waals surface area contributed by atoms with Crippen LogP contribution in [-0.4, -0.2) is 27.6 Å². The van der Waals surface area contributed by atoms with Crippen LogP contribution in [0.1, 0.15) is 22.3 Å². The van der Waals surface area contributed by atoms with Gasteiger partial charge in [0.2, 0.25) is 0 Å². The number of aliphatic hydroxyl groups is 1. The molecule has 0 aliphatic heterocycles. The Morgan fingerprint density at radius 3 is 2.81 bits per heavy atom. The van der Waals surface area contributed by atoms with Gasteiger partial charge in [-0.2, -0.15) is 0 Å². The van der Waals surface area contributed by atoms with Crippen molar-refractivity contribution >= 4 is 11.6 Å². The molecule has 0 radical (unpaired) electrons. The number of hydrogen-bond donors (Lipinski definition) is 2. The van der Waals surface area contributed by atoms with E-state index in [2.05, 4.69) is 27.1 Å². The highest BCUT2D eigenvalue weighted by Crippen LogP contribution is 2.13. The number of aliphatic hydroxyl groups excluding tert-OH is 1. The van der Waals surface area contributed by atoms with Crippen LogP contribution in [0.3, 0.4) is 0 Å². The molecular formula is C15H12FN3O2. The van der Waals surface area contributed by atoms with E-state index in [0.29, 0.717) is 5.69 Å². The highest BCUT2D eigenvalue weighted by Gasteiger charge is 2.11. The van der Waals surface area contributed by atoms with Gasteiger partial charge in [-0.25, -0.2) is 14.4 Å². The summed E-state index contributed by atoms with van der Waals surface area (Å²) in [5, 5.41) is 11.3. The number of amides is 1. The van der Waals surface area contributed by atoms with Crippen LogP contribution < -0.4 is 5.32 Å². The first kappa shape index (κ1) is 14.6. The minimum absolute atomic E-state index is 0.0921. The molecule has 106 valence electrons. The molecule has 1 heterocycles. The van der Waals surface area contributed by atoms with Crippen molar-refractivity contribution in [1.82, 2.24) is 9.97 Å². The summed E-state index contributed by atoms with van der Waals surface area (Å²) in [5.74, 6) is 4.43. The molecule has 0 unspecified atom stereocenters. The predicted molar refractivity (Wildman–Crippen MR) is 75.0 cm³/mol. The van der Waals surface area contributed by atoms with E-state index in [4.69, 9.17) is 5.11 Å². The first-order valence-corrected chi connectivity index (χ1v) is 6.16. The Kier molecular flexibility index (Phi) is 4.96. The Bertz CT molecular complexity index is 693. The lowest BCUT2D eigenvalue weighted by Gasteiger charge is -2.06. The van der Waals surface area contributed by atoms with Gasteiger partial charge in [-0.05, 0) is 18.2 Å². The van der Waals surface area contributed by atoms with Gasteiger partial charge in [0, 0.05) is 12.0 Å². The fourth-order valence-electron chi connectivity index (χ4n) is 1.59. The lowest BCUT2D eigenvalue weighted by molar-refractivity contribution is 0.102. The molecule has 0 atom stereocenters. The van der Waals surface area contributed by atoms with E-state index in [0.717, 1.165) is 0 Å². The number of nitrogens with zero attached hydrogens (tertiary/aromatic N) is 2. The molecule has 0 fully saturated rings. The second-order valence-electron chi connectivity index (χ2n) is 4.05. The summed E-state index contributed by atoms with van der Waals surface area (Å²) in [6.07, 6.45) is 4.50. The summed E-state index contributed by atoms with van der Waals surface area (Å²) in [6, 6.07) is 3.73. The highest BCUT2D eigenvalue weighted by atomic mass is 19.1. The summed E-state index contributed by atoms with van der Waals surface area (Å²) in [7, 11) is 0. The Labute approximate surface area is 120 Å². The number of anilines is 1. The molecule has 1 amide bonds. The zero-order valence-electron chi connectivity index (χ0n) is 11.0. The van der Waals surface area contributed by atoms with E-state index in [1.54, 1.807) is 0 Å². The molecule has 2 N–H and O–H groups in total. The summed E-state index contributed by atoms with van der Waals surface area (Å²) >= 11 is 0. The SMILES string of the molecule is O=C(Nc1cncnc1)c1ccc(F)cc1C#CCCO. The van der Waals surface area contributed by atoms with Crippen molar-refractivity contribution in [2.24, 2.45) is 0 Å². The van der Waals surface area contributed by atoms with Crippen LogP contribution in [0.5, 0.6) is 0 Å². The Balaban J connectivity index is 2.26. The van der Waals surface area contributed by atoms with Gasteiger partial charge in [0.15, 0.2) is 0 Å². The summed E-state index contributed by atoms with van der Waals surface area (Å²) in [6.45, 7) is -0.0921. The van der Waals surface area contributed by atoms with E-state index in [1.807, 2.05) is 0 Å². The third-order valence-electron chi connectivity index (χ3n) is 2.50. The molecule has 21 heavy (non-hydrogen) atoms. The Hall–Kier alpha value is -2.78. The minimum atomic E-state index is -0.483. The zero-order valence-corrected chi connectivity index (χ0v) is 11.0. The number of halogens is 1. The predicted octanol–water partition coefficient (Wildman–Crippen LogP) is 1.60. The quantitative estimate of drug-likeness (QED) is 0.840. The van der Waals surface area contributed by atoms with Gasteiger partial charge in [0.1, 0.15) is 12.1 Å². The van der Waals surface area contributed by atoms with Crippen molar-refractivity contribution in [1.29, 1.82) is 0 Å². The number of benzene rings is 1. The molecular weight excluding hydrogens is 273 g/mol. The number of nitrogens with one attached hydrogen (secondary N) is 1. The van der Waals surface area contributed by atoms with Gasteiger partial charge < -0.3 is 10.4 Å². The molecule has 6 heteroatoms. The number of carbonyl (C=O) groups excluding carboxylic acids is 1. The van der Waals surface area contributed by atoms with Gasteiger partial charge in [-0.1, -0.05) is 11.8 Å². The van der Waals surface area contributed by atoms with Crippen LogP contribution in [0, 0.1) is 17.7 Å². The summed E-state index contributed by atoms with van der Waals surface area (Å²) in [5.41, 5.74) is 0.935. The third-order valence-corrected chi connectivity index (χ3v) is 2.50. The molecule has 0 saturated carbocycles. The second-order valence-corrected chi connectivity index (χ2v) is 4.05. The second kappa shape index (κ2) is 7.12. The lowest BCUT2D eigenvalue weighted by atomic mass is 10.1. The minimum Gasteiger partial charge on any atom is -0.395 e. The van der Waals surface area contributed by atoms with Crippen LogP contribution in [0.2, 0.25) is 0 Å². The van der Waals surface area contributed by atoms with Crippen LogP contribution in [-0.2, 0) is 0 Å². The molecule has 1 aromatic heterocycles. The molecule has 2 aromatic rings. The monoisotopic (exact) mass is 285 g/mol. The molecule has 0 spiro atoms. The number of hydrogen-bond acceptors (Lipinski definition) is 4. The molecule has 5 nitrogen and oxygen atoms in total. The van der Waals surface area contributed by atoms with Crippen molar-refractivity contribution < 1.29 is 14.3 Å². The van der Waals surface area contributed by atoms with E-state index >= 15 is 0 Å². The Morgan fingerprint density at radius 2 is 2.10 bits per heavy atom. The molecule has 0 bridgehead atoms. The fourth-order valence-corrected chi connectivity index (χ4v) is 1.59. The number of aromatic nitrogens is 2. The van der Waals surface area contributed by atoms with E-state index in [-0.39, 0.29) is 24.2 Å². The summed E-state index contributed by atoms with van der Waals surface area (Å²) < 4.78 is 13.3. The zero-order chi connectivity index (χ0) is 15.1. The maximum atomic E-state index is 13.3. The van der Waals surface area contributed by atoms with E-state index < -0.39 is 11.7 Å². The van der Waals surface area contributed by atoms with Gasteiger partial charge >= 0.3 is 0 Å². The van der Waals surface area contributed by atoms with Crippen molar-refractivity contribution in [3.05, 3.63) is 53.9 Å². The van der Waals surface area contributed by atoms with E-state index in [9.17, 15) is 9.18 Å². The van der Waals surface area contributed by atoms with Gasteiger partial charge in [0.05, 0.1) is 30.3 Å². The molecule has 0 saturated heterocycles. The number of rotatable bonds is 3. The van der Waals surface area contributed by atoms with Gasteiger partial charge in [-0.3, -0.25) is 4.79 Å². The van der Waals surface area contributed by atoms with Crippen molar-refractivity contribution in [2.75, 3.05) is 11.9 Å². The van der Waals surface area contributed by atoms with Crippen LogP contribution in [0.25, 0.3) is 0 Å². The van der Waals surface area contributed by atoms with Crippen LogP contribution in [0.15, 0.2) is 36.9 Å². The third kappa shape index (κ3) is 4.09. The maximum absolute atomic E-state index is 13.3. The standard InChI is InChI=1S/C15H12FN3O2/c16-12-4-5-14(11(7-12)3-1-2-6-20)15(21)19-13-8-17-10-18-9-13/h4-5,7-10,20H,2,6H2,(H,19,21). The largest absolute Gasteiger partial charge is 0.395 e. The Morgan fingerprint density at radius 1 is 1.33 bits per heavy atom. The average Bonchev–Trinajstić information content (AvgIpc) is 2.48. The topological polar surface area (TPSA) is 75.1 Å². The van der Waals surface area contributed by atoms with Crippen LogP contribution in [0.4, 0.5) is 10.1 Å². The van der Waals surface area contributed by atoms with E-state index in [1.165, 1.54) is 36.9 Å². The molecule has 2 rings (SSSR count). The average molecular weight is 285 g/mol. The number of carbonyl (C=O) groups is 1. The molecule has 0 aliphatic carbocycles. The fraction of sp³-hybridized carbons (Fsp3) is 0.133. The first-order chi connectivity index (χ1) is 10.2. The van der Waals surface area contributed by atoms with Gasteiger partial charge in [0.25, 0.3) is 5.91 Å². The maximum Gasteiger partial charge on any atom is 0.257 e.